The molecule has 136 valence electrons. The van der Waals surface area contributed by atoms with Gasteiger partial charge in [0.1, 0.15) is 5.15 Å². The van der Waals surface area contributed by atoms with Gasteiger partial charge in [-0.25, -0.2) is 4.68 Å². The third-order valence-electron chi connectivity index (χ3n) is 4.31. The van der Waals surface area contributed by atoms with E-state index in [9.17, 15) is 4.79 Å². The molecule has 6 heteroatoms. The molecule has 1 aromatic carbocycles. The van der Waals surface area contributed by atoms with Crippen LogP contribution in [0.2, 0.25) is 5.15 Å². The first-order valence-corrected chi connectivity index (χ1v) is 9.06. The molecule has 0 bridgehead atoms. The molecule has 2 aromatic rings. The van der Waals surface area contributed by atoms with Gasteiger partial charge in [-0.2, -0.15) is 5.10 Å². The van der Waals surface area contributed by atoms with Crippen molar-refractivity contribution in [3.8, 4) is 0 Å². The number of nitrogens with zero attached hydrogens (tertiary/aromatic N) is 4. The molecule has 1 heterocycles. The Kier molecular flexibility index (Phi) is 7.02. The van der Waals surface area contributed by atoms with E-state index in [1.807, 2.05) is 60.5 Å². The lowest BCUT2D eigenvalue weighted by atomic mass is 10.2. The Morgan fingerprint density at radius 1 is 1.20 bits per heavy atom. The Hall–Kier alpha value is -1.85. The van der Waals surface area contributed by atoms with E-state index in [0.29, 0.717) is 24.8 Å². The Morgan fingerprint density at radius 3 is 2.44 bits per heavy atom. The number of halogens is 1. The number of carbonyl (C=O) groups is 1. The van der Waals surface area contributed by atoms with Crippen molar-refractivity contribution < 1.29 is 4.79 Å². The fourth-order valence-corrected chi connectivity index (χ4v) is 3.16. The zero-order valence-electron chi connectivity index (χ0n) is 15.5. The average molecular weight is 363 g/mol. The van der Waals surface area contributed by atoms with E-state index in [1.165, 1.54) is 0 Å². The molecule has 0 saturated carbocycles. The van der Waals surface area contributed by atoms with Crippen molar-refractivity contribution in [2.24, 2.45) is 0 Å². The average Bonchev–Trinajstić information content (AvgIpc) is 2.84. The molecule has 0 unspecified atom stereocenters. The Balaban J connectivity index is 2.06. The van der Waals surface area contributed by atoms with E-state index < -0.39 is 0 Å². The van der Waals surface area contributed by atoms with Crippen LogP contribution in [0.25, 0.3) is 0 Å². The Morgan fingerprint density at radius 2 is 1.84 bits per heavy atom. The second kappa shape index (κ2) is 9.02. The minimum absolute atomic E-state index is 0.137. The third kappa shape index (κ3) is 5.06. The maximum Gasteiger partial charge on any atom is 0.236 e. The number of rotatable bonds is 8. The number of aromatic nitrogens is 2. The van der Waals surface area contributed by atoms with Gasteiger partial charge in [0.05, 0.1) is 18.8 Å². The van der Waals surface area contributed by atoms with E-state index in [4.69, 9.17) is 11.6 Å². The van der Waals surface area contributed by atoms with Gasteiger partial charge in [0.2, 0.25) is 5.91 Å². The second-order valence-corrected chi connectivity index (χ2v) is 6.59. The van der Waals surface area contributed by atoms with E-state index in [1.54, 1.807) is 0 Å². The molecule has 0 fully saturated rings. The van der Waals surface area contributed by atoms with Gasteiger partial charge in [0.15, 0.2) is 0 Å². The molecule has 0 atom stereocenters. The first-order chi connectivity index (χ1) is 12.0. The Bertz CT molecular complexity index is 695. The zero-order valence-corrected chi connectivity index (χ0v) is 16.3. The molecule has 0 N–H and O–H groups in total. The van der Waals surface area contributed by atoms with Gasteiger partial charge in [-0.1, -0.05) is 41.9 Å². The largest absolute Gasteiger partial charge is 0.342 e. The van der Waals surface area contributed by atoms with Crippen LogP contribution in [0.5, 0.6) is 0 Å². The topological polar surface area (TPSA) is 41.4 Å². The van der Waals surface area contributed by atoms with Crippen LogP contribution in [0.1, 0.15) is 30.7 Å². The van der Waals surface area contributed by atoms with E-state index in [-0.39, 0.29) is 5.91 Å². The van der Waals surface area contributed by atoms with Crippen molar-refractivity contribution in [3.05, 3.63) is 52.3 Å². The lowest BCUT2D eigenvalue weighted by molar-refractivity contribution is -0.131. The quantitative estimate of drug-likeness (QED) is 0.724. The SMILES string of the molecule is CCN(CC)C(=O)CN(C)Cc1c(C)nn(Cc2ccccc2)c1Cl. The summed E-state index contributed by atoms with van der Waals surface area (Å²) in [6.07, 6.45) is 0. The van der Waals surface area contributed by atoms with E-state index >= 15 is 0 Å². The molecule has 0 aliphatic rings. The van der Waals surface area contributed by atoms with Crippen molar-refractivity contribution in [1.29, 1.82) is 0 Å². The molecule has 25 heavy (non-hydrogen) atoms. The zero-order chi connectivity index (χ0) is 18.4. The summed E-state index contributed by atoms with van der Waals surface area (Å²) in [6, 6.07) is 10.1. The molecular formula is C19H27ClN4O. The molecule has 5 nitrogen and oxygen atoms in total. The first-order valence-electron chi connectivity index (χ1n) is 8.68. The summed E-state index contributed by atoms with van der Waals surface area (Å²) in [4.78, 5) is 16.1. The Labute approximate surface area is 155 Å². The summed E-state index contributed by atoms with van der Waals surface area (Å²) in [5.74, 6) is 0.137. The number of benzene rings is 1. The number of carbonyl (C=O) groups excluding carboxylic acids is 1. The molecule has 0 spiro atoms. The van der Waals surface area contributed by atoms with E-state index in [0.717, 1.165) is 29.9 Å². The minimum atomic E-state index is 0.137. The predicted molar refractivity (Wildman–Crippen MR) is 102 cm³/mol. The smallest absolute Gasteiger partial charge is 0.236 e. The van der Waals surface area contributed by atoms with Crippen molar-refractivity contribution >= 4 is 17.5 Å². The van der Waals surface area contributed by atoms with Gasteiger partial charge in [-0.3, -0.25) is 9.69 Å². The van der Waals surface area contributed by atoms with Gasteiger partial charge < -0.3 is 4.90 Å². The van der Waals surface area contributed by atoms with Gasteiger partial charge in [0, 0.05) is 25.2 Å². The fourth-order valence-electron chi connectivity index (χ4n) is 2.86. The van der Waals surface area contributed by atoms with Gasteiger partial charge in [0.25, 0.3) is 0 Å². The van der Waals surface area contributed by atoms with Crippen LogP contribution in [0.3, 0.4) is 0 Å². The third-order valence-corrected chi connectivity index (χ3v) is 4.73. The van der Waals surface area contributed by atoms with Crippen molar-refractivity contribution in [2.45, 2.75) is 33.9 Å². The van der Waals surface area contributed by atoms with Crippen LogP contribution in [0, 0.1) is 6.92 Å². The standard InChI is InChI=1S/C19H27ClN4O/c1-5-23(6-2)18(25)14-22(4)13-17-15(3)21-24(19(17)20)12-16-10-8-7-9-11-16/h7-11H,5-6,12-14H2,1-4H3. The number of likely N-dealkylation sites (N-methyl/N-ethyl adjacent to an activating group) is 2. The van der Waals surface area contributed by atoms with E-state index in [2.05, 4.69) is 17.2 Å². The number of amides is 1. The van der Waals surface area contributed by atoms with Crippen LogP contribution < -0.4 is 0 Å². The highest BCUT2D eigenvalue weighted by atomic mass is 35.5. The fraction of sp³-hybridized carbons (Fsp3) is 0.474. The summed E-state index contributed by atoms with van der Waals surface area (Å²) in [6.45, 7) is 9.04. The van der Waals surface area contributed by atoms with Gasteiger partial charge in [-0.15, -0.1) is 0 Å². The highest BCUT2D eigenvalue weighted by Crippen LogP contribution is 2.22. The number of hydrogen-bond acceptors (Lipinski definition) is 3. The molecule has 0 saturated heterocycles. The lowest BCUT2D eigenvalue weighted by Crippen LogP contribution is -2.38. The molecule has 1 aromatic heterocycles. The van der Waals surface area contributed by atoms with Crippen LogP contribution >= 0.6 is 11.6 Å². The summed E-state index contributed by atoms with van der Waals surface area (Å²) in [5.41, 5.74) is 3.04. The van der Waals surface area contributed by atoms with Gasteiger partial charge in [-0.05, 0) is 33.4 Å². The number of hydrogen-bond donors (Lipinski definition) is 0. The van der Waals surface area contributed by atoms with Crippen LogP contribution in [-0.2, 0) is 17.9 Å². The lowest BCUT2D eigenvalue weighted by Gasteiger charge is -2.23. The highest BCUT2D eigenvalue weighted by Gasteiger charge is 2.18. The molecule has 0 aliphatic heterocycles. The van der Waals surface area contributed by atoms with Crippen LogP contribution in [-0.4, -0.2) is 52.2 Å². The highest BCUT2D eigenvalue weighted by molar-refractivity contribution is 6.30. The second-order valence-electron chi connectivity index (χ2n) is 6.24. The summed E-state index contributed by atoms with van der Waals surface area (Å²) in [7, 11) is 1.94. The minimum Gasteiger partial charge on any atom is -0.342 e. The summed E-state index contributed by atoms with van der Waals surface area (Å²) in [5, 5.41) is 5.21. The molecule has 1 amide bonds. The van der Waals surface area contributed by atoms with Crippen LogP contribution in [0.4, 0.5) is 0 Å². The normalized spacial score (nSPS) is 11.1. The van der Waals surface area contributed by atoms with Crippen molar-refractivity contribution in [3.63, 3.8) is 0 Å². The van der Waals surface area contributed by atoms with Crippen LogP contribution in [0.15, 0.2) is 30.3 Å². The maximum absolute atomic E-state index is 12.3. The molecule has 0 radical (unpaired) electrons. The number of aryl methyl sites for hydroxylation is 1. The summed E-state index contributed by atoms with van der Waals surface area (Å²) >= 11 is 6.56. The summed E-state index contributed by atoms with van der Waals surface area (Å²) < 4.78 is 1.82. The molecular weight excluding hydrogens is 336 g/mol. The molecule has 0 aliphatic carbocycles. The monoisotopic (exact) mass is 362 g/mol. The maximum atomic E-state index is 12.3. The van der Waals surface area contributed by atoms with Gasteiger partial charge >= 0.3 is 0 Å². The van der Waals surface area contributed by atoms with Crippen molar-refractivity contribution in [1.82, 2.24) is 19.6 Å². The predicted octanol–water partition coefficient (Wildman–Crippen LogP) is 3.19. The first kappa shape index (κ1) is 19.5. The van der Waals surface area contributed by atoms with Crippen molar-refractivity contribution in [2.75, 3.05) is 26.7 Å². The molecule has 2 rings (SSSR count).